The molecule has 0 spiro atoms. The van der Waals surface area contributed by atoms with Gasteiger partial charge >= 0.3 is 0 Å². The van der Waals surface area contributed by atoms with Crippen molar-refractivity contribution in [1.82, 2.24) is 0 Å². The molecule has 0 aliphatic rings. The van der Waals surface area contributed by atoms with Gasteiger partial charge in [0.05, 0.1) is 12.8 Å². The molecule has 0 aromatic heterocycles. The van der Waals surface area contributed by atoms with E-state index in [0.717, 1.165) is 4.47 Å². The minimum atomic E-state index is -2.18. The third kappa shape index (κ3) is 3.26. The van der Waals surface area contributed by atoms with Crippen molar-refractivity contribution >= 4 is 21.6 Å². The van der Waals surface area contributed by atoms with Crippen LogP contribution in [0, 0.1) is 0 Å². The number of methoxy groups -OCH3 is 1. The number of nitrogens with one attached hydrogen (secondary N) is 1. The molecule has 3 N–H and O–H groups in total. The average Bonchev–Trinajstić information content (AvgIpc) is 2.39. The number of ether oxygens (including phenoxy) is 1. The van der Waals surface area contributed by atoms with Gasteiger partial charge in [-0.2, -0.15) is 0 Å². The van der Waals surface area contributed by atoms with E-state index in [0.29, 0.717) is 17.0 Å². The van der Waals surface area contributed by atoms with Gasteiger partial charge in [0.15, 0.2) is 0 Å². The van der Waals surface area contributed by atoms with E-state index in [-0.39, 0.29) is 0 Å². The Bertz CT molecular complexity index is 572. The third-order valence-electron chi connectivity index (χ3n) is 2.64. The van der Waals surface area contributed by atoms with E-state index in [9.17, 15) is 10.2 Å². The molecule has 0 bridgehead atoms. The summed E-state index contributed by atoms with van der Waals surface area (Å²) in [6, 6.07) is 13.8. The Morgan fingerprint density at radius 3 is 2.53 bits per heavy atom. The zero-order chi connectivity index (χ0) is 13.9. The number of benzene rings is 2. The van der Waals surface area contributed by atoms with E-state index >= 15 is 0 Å². The highest BCUT2D eigenvalue weighted by molar-refractivity contribution is 9.10. The maximum atomic E-state index is 10.2. The predicted molar refractivity (Wildman–Crippen MR) is 76.9 cm³/mol. The molecule has 19 heavy (non-hydrogen) atoms. The molecule has 5 heteroatoms. The topological polar surface area (TPSA) is 61.7 Å². The Labute approximate surface area is 119 Å². The van der Waals surface area contributed by atoms with Crippen molar-refractivity contribution in [3.05, 3.63) is 58.6 Å². The molecule has 100 valence electrons. The molecule has 0 saturated heterocycles. The Morgan fingerprint density at radius 1 is 1.11 bits per heavy atom. The van der Waals surface area contributed by atoms with Gasteiger partial charge < -0.3 is 20.3 Å². The van der Waals surface area contributed by atoms with E-state index < -0.39 is 5.91 Å². The normalized spacial score (nSPS) is 11.2. The summed E-state index contributed by atoms with van der Waals surface area (Å²) in [5.41, 5.74) is 0.822. The van der Waals surface area contributed by atoms with Crippen LogP contribution >= 0.6 is 15.9 Å². The average molecular weight is 324 g/mol. The molecule has 0 aliphatic heterocycles. The highest BCUT2D eigenvalue weighted by atomic mass is 79.9. The van der Waals surface area contributed by atoms with Crippen LogP contribution in [0.4, 0.5) is 5.69 Å². The Kier molecular flexibility index (Phi) is 4.09. The van der Waals surface area contributed by atoms with Crippen molar-refractivity contribution < 1.29 is 14.9 Å². The molecule has 0 heterocycles. The second-order valence-corrected chi connectivity index (χ2v) is 4.92. The van der Waals surface area contributed by atoms with E-state index in [1.165, 1.54) is 7.11 Å². The van der Waals surface area contributed by atoms with Crippen LogP contribution in [0.5, 0.6) is 5.75 Å². The zero-order valence-electron chi connectivity index (χ0n) is 10.3. The van der Waals surface area contributed by atoms with Crippen LogP contribution in [-0.4, -0.2) is 17.3 Å². The molecular formula is C14H14BrNO3. The lowest BCUT2D eigenvalue weighted by Crippen LogP contribution is -2.34. The highest BCUT2D eigenvalue weighted by Crippen LogP contribution is 2.29. The summed E-state index contributed by atoms with van der Waals surface area (Å²) in [5.74, 6) is -1.65. The smallest absolute Gasteiger partial charge is 0.272 e. The molecule has 0 fully saturated rings. The van der Waals surface area contributed by atoms with Gasteiger partial charge in [-0.1, -0.05) is 40.2 Å². The number of hydrogen-bond donors (Lipinski definition) is 3. The zero-order valence-corrected chi connectivity index (χ0v) is 11.9. The van der Waals surface area contributed by atoms with Crippen molar-refractivity contribution in [2.75, 3.05) is 12.4 Å². The van der Waals surface area contributed by atoms with Crippen LogP contribution in [-0.2, 0) is 5.91 Å². The minimum absolute atomic E-state index is 0.327. The highest BCUT2D eigenvalue weighted by Gasteiger charge is 2.27. The van der Waals surface area contributed by atoms with Crippen molar-refractivity contribution in [2.45, 2.75) is 5.91 Å². The first-order valence-corrected chi connectivity index (χ1v) is 6.44. The van der Waals surface area contributed by atoms with Gasteiger partial charge in [-0.25, -0.2) is 0 Å². The molecule has 2 aromatic rings. The van der Waals surface area contributed by atoms with Gasteiger partial charge in [-0.05, 0) is 24.3 Å². The second-order valence-electron chi connectivity index (χ2n) is 4.01. The molecule has 0 amide bonds. The third-order valence-corrected chi connectivity index (χ3v) is 3.14. The Balaban J connectivity index is 2.30. The first-order valence-electron chi connectivity index (χ1n) is 5.65. The molecule has 0 aliphatic carbocycles. The first kappa shape index (κ1) is 13.9. The molecule has 4 nitrogen and oxygen atoms in total. The fourth-order valence-electron chi connectivity index (χ4n) is 1.71. The lowest BCUT2D eigenvalue weighted by atomic mass is 10.1. The fraction of sp³-hybridized carbons (Fsp3) is 0.143. The van der Waals surface area contributed by atoms with Crippen molar-refractivity contribution in [2.24, 2.45) is 0 Å². The number of aliphatic hydroxyl groups is 2. The lowest BCUT2D eigenvalue weighted by molar-refractivity contribution is -0.143. The molecule has 2 rings (SSSR count). The lowest BCUT2D eigenvalue weighted by Gasteiger charge is -2.25. The first-order chi connectivity index (χ1) is 9.03. The number of anilines is 1. The SMILES string of the molecule is COc1ccccc1NC(O)(O)c1cccc(Br)c1. The van der Waals surface area contributed by atoms with Crippen LogP contribution < -0.4 is 10.1 Å². The van der Waals surface area contributed by atoms with Gasteiger partial charge in [0.1, 0.15) is 5.75 Å². The molecule has 0 unspecified atom stereocenters. The maximum absolute atomic E-state index is 10.2. The second kappa shape index (κ2) is 5.61. The van der Waals surface area contributed by atoms with Crippen LogP contribution in [0.1, 0.15) is 5.56 Å². The number of halogens is 1. The number of rotatable bonds is 4. The number of hydrogen-bond acceptors (Lipinski definition) is 4. The Hall–Kier alpha value is -1.56. The van der Waals surface area contributed by atoms with E-state index in [1.807, 2.05) is 6.07 Å². The van der Waals surface area contributed by atoms with Gasteiger partial charge in [0, 0.05) is 10.0 Å². The number of para-hydroxylation sites is 2. The predicted octanol–water partition coefficient (Wildman–Crippen LogP) is 2.66. The van der Waals surface area contributed by atoms with E-state index in [1.54, 1.807) is 42.5 Å². The molecule has 0 atom stereocenters. The monoisotopic (exact) mass is 323 g/mol. The van der Waals surface area contributed by atoms with E-state index in [2.05, 4.69) is 21.2 Å². The maximum Gasteiger partial charge on any atom is 0.272 e. The van der Waals surface area contributed by atoms with Crippen molar-refractivity contribution in [1.29, 1.82) is 0 Å². The summed E-state index contributed by atoms with van der Waals surface area (Å²) in [6.45, 7) is 0. The Morgan fingerprint density at radius 2 is 1.84 bits per heavy atom. The summed E-state index contributed by atoms with van der Waals surface area (Å²) in [7, 11) is 1.52. The standard InChI is InChI=1S/C14H14BrNO3/c1-19-13-8-3-2-7-12(13)16-14(17,18)10-5-4-6-11(15)9-10/h2-9,16-18H,1H3. The molecule has 0 saturated carbocycles. The van der Waals surface area contributed by atoms with E-state index in [4.69, 9.17) is 4.74 Å². The van der Waals surface area contributed by atoms with Gasteiger partial charge in [0.25, 0.3) is 5.91 Å². The summed E-state index contributed by atoms with van der Waals surface area (Å²) < 4.78 is 5.92. The quantitative estimate of drug-likeness (QED) is 0.757. The van der Waals surface area contributed by atoms with Crippen LogP contribution in [0.3, 0.4) is 0 Å². The molecular weight excluding hydrogens is 310 g/mol. The van der Waals surface area contributed by atoms with Gasteiger partial charge in [0.2, 0.25) is 0 Å². The summed E-state index contributed by atoms with van der Waals surface area (Å²) >= 11 is 3.29. The van der Waals surface area contributed by atoms with Crippen molar-refractivity contribution in [3.8, 4) is 5.75 Å². The summed E-state index contributed by atoms with van der Waals surface area (Å²) in [6.07, 6.45) is 0. The minimum Gasteiger partial charge on any atom is -0.495 e. The summed E-state index contributed by atoms with van der Waals surface area (Å²) in [4.78, 5) is 0. The fourth-order valence-corrected chi connectivity index (χ4v) is 2.11. The van der Waals surface area contributed by atoms with Crippen LogP contribution in [0.25, 0.3) is 0 Å². The largest absolute Gasteiger partial charge is 0.495 e. The van der Waals surface area contributed by atoms with Gasteiger partial charge in [-0.15, -0.1) is 0 Å². The van der Waals surface area contributed by atoms with Gasteiger partial charge in [-0.3, -0.25) is 0 Å². The molecule has 0 radical (unpaired) electrons. The summed E-state index contributed by atoms with van der Waals surface area (Å²) in [5, 5.41) is 22.9. The molecule has 2 aromatic carbocycles. The van der Waals surface area contributed by atoms with Crippen molar-refractivity contribution in [3.63, 3.8) is 0 Å². The van der Waals surface area contributed by atoms with Crippen LogP contribution in [0.2, 0.25) is 0 Å². The van der Waals surface area contributed by atoms with Crippen LogP contribution in [0.15, 0.2) is 53.0 Å².